The van der Waals surface area contributed by atoms with Gasteiger partial charge in [-0.1, -0.05) is 31.2 Å². The second-order valence-corrected chi connectivity index (χ2v) is 6.37. The maximum atomic E-state index is 12.3. The van der Waals surface area contributed by atoms with E-state index in [1.54, 1.807) is 20.3 Å². The van der Waals surface area contributed by atoms with Crippen molar-refractivity contribution in [2.24, 2.45) is 0 Å². The van der Waals surface area contributed by atoms with Gasteiger partial charge in [0.15, 0.2) is 5.78 Å². The van der Waals surface area contributed by atoms with Crippen LogP contribution in [0.25, 0.3) is 0 Å². The normalized spacial score (nSPS) is 11.6. The molecule has 2 aromatic rings. The number of ether oxygens (including phenoxy) is 2. The summed E-state index contributed by atoms with van der Waals surface area (Å²) in [5.74, 6) is 1.14. The van der Waals surface area contributed by atoms with E-state index in [2.05, 4.69) is 12.2 Å². The van der Waals surface area contributed by atoms with Gasteiger partial charge in [-0.05, 0) is 31.0 Å². The molecule has 5 heteroatoms. The van der Waals surface area contributed by atoms with Gasteiger partial charge in [0.2, 0.25) is 5.91 Å². The molecule has 2 aromatic carbocycles. The molecule has 1 unspecified atom stereocenters. The Balaban J connectivity index is 1.92. The van der Waals surface area contributed by atoms with Gasteiger partial charge in [-0.2, -0.15) is 0 Å². The fraction of sp³-hybridized carbons (Fsp3) is 0.364. The van der Waals surface area contributed by atoms with E-state index in [9.17, 15) is 9.59 Å². The van der Waals surface area contributed by atoms with Crippen LogP contribution in [0.4, 0.5) is 0 Å². The quantitative estimate of drug-likeness (QED) is 0.676. The molecule has 0 saturated heterocycles. The minimum absolute atomic E-state index is 0.0255. The third-order valence-corrected chi connectivity index (χ3v) is 4.55. The molecular weight excluding hydrogens is 342 g/mol. The summed E-state index contributed by atoms with van der Waals surface area (Å²) in [5, 5.41) is 2.92. The third kappa shape index (κ3) is 5.58. The lowest BCUT2D eigenvalue weighted by Crippen LogP contribution is -2.27. The number of methoxy groups -OCH3 is 2. The van der Waals surface area contributed by atoms with E-state index in [0.29, 0.717) is 17.1 Å². The number of carbonyl (C=O) groups is 2. The van der Waals surface area contributed by atoms with Gasteiger partial charge in [0, 0.05) is 30.0 Å². The molecule has 0 radical (unpaired) electrons. The molecule has 0 bridgehead atoms. The molecule has 1 amide bonds. The van der Waals surface area contributed by atoms with Crippen LogP contribution < -0.4 is 14.8 Å². The minimum atomic E-state index is -0.239. The van der Waals surface area contributed by atoms with Crippen molar-refractivity contribution in [2.75, 3.05) is 14.2 Å². The summed E-state index contributed by atoms with van der Waals surface area (Å²) >= 11 is 0. The minimum Gasteiger partial charge on any atom is -0.497 e. The van der Waals surface area contributed by atoms with E-state index in [4.69, 9.17) is 9.47 Å². The molecule has 0 aliphatic heterocycles. The van der Waals surface area contributed by atoms with Crippen LogP contribution in [-0.4, -0.2) is 25.9 Å². The molecule has 0 heterocycles. The maximum absolute atomic E-state index is 12.3. The van der Waals surface area contributed by atoms with E-state index in [1.807, 2.05) is 43.3 Å². The number of rotatable bonds is 9. The largest absolute Gasteiger partial charge is 0.497 e. The van der Waals surface area contributed by atoms with Crippen LogP contribution in [-0.2, 0) is 11.2 Å². The highest BCUT2D eigenvalue weighted by molar-refractivity contribution is 5.98. The first-order valence-electron chi connectivity index (χ1n) is 9.11. The van der Waals surface area contributed by atoms with Crippen molar-refractivity contribution in [3.63, 3.8) is 0 Å². The fourth-order valence-electron chi connectivity index (χ4n) is 2.87. The summed E-state index contributed by atoms with van der Waals surface area (Å²) in [6, 6.07) is 12.8. The zero-order valence-corrected chi connectivity index (χ0v) is 16.4. The van der Waals surface area contributed by atoms with Crippen molar-refractivity contribution in [1.82, 2.24) is 5.32 Å². The maximum Gasteiger partial charge on any atom is 0.220 e. The molecular formula is C22H27NO4. The summed E-state index contributed by atoms with van der Waals surface area (Å²) in [4.78, 5) is 24.5. The average Bonchev–Trinajstić information content (AvgIpc) is 2.71. The van der Waals surface area contributed by atoms with Crippen LogP contribution in [0, 0.1) is 0 Å². The van der Waals surface area contributed by atoms with Gasteiger partial charge in [-0.3, -0.25) is 9.59 Å². The van der Waals surface area contributed by atoms with E-state index in [1.165, 1.54) is 5.56 Å². The second kappa shape index (κ2) is 9.76. The fourth-order valence-corrected chi connectivity index (χ4v) is 2.87. The highest BCUT2D eigenvalue weighted by Crippen LogP contribution is 2.29. The van der Waals surface area contributed by atoms with E-state index < -0.39 is 0 Å². The topological polar surface area (TPSA) is 64.6 Å². The van der Waals surface area contributed by atoms with Gasteiger partial charge in [0.05, 0.1) is 20.3 Å². The molecule has 0 spiro atoms. The average molecular weight is 369 g/mol. The number of hydrogen-bond acceptors (Lipinski definition) is 4. The number of nitrogens with one attached hydrogen (secondary N) is 1. The van der Waals surface area contributed by atoms with Crippen molar-refractivity contribution in [2.45, 2.75) is 39.2 Å². The molecule has 0 aliphatic carbocycles. The predicted octanol–water partition coefficient (Wildman–Crippen LogP) is 4.11. The summed E-state index contributed by atoms with van der Waals surface area (Å²) < 4.78 is 10.6. The highest BCUT2D eigenvalue weighted by Gasteiger charge is 2.16. The van der Waals surface area contributed by atoms with Crippen molar-refractivity contribution in [3.8, 4) is 11.5 Å². The van der Waals surface area contributed by atoms with E-state index in [-0.39, 0.29) is 30.6 Å². The molecule has 0 fully saturated rings. The molecule has 27 heavy (non-hydrogen) atoms. The lowest BCUT2D eigenvalue weighted by molar-refractivity contribution is -0.121. The Kier molecular flexibility index (Phi) is 7.41. The highest BCUT2D eigenvalue weighted by atomic mass is 16.5. The standard InChI is InChI=1S/C22H27NO4/c1-5-16-6-8-17(9-7-16)20(24)12-13-22(25)23-15(2)19-11-10-18(26-3)14-21(19)27-4/h6-11,14-15H,5,12-13H2,1-4H3,(H,23,25). The van der Waals surface area contributed by atoms with Crippen molar-refractivity contribution >= 4 is 11.7 Å². The van der Waals surface area contributed by atoms with Gasteiger partial charge in [-0.15, -0.1) is 0 Å². The SMILES string of the molecule is CCc1ccc(C(=O)CCC(=O)NC(C)c2ccc(OC)cc2OC)cc1. The molecule has 1 atom stereocenters. The Morgan fingerprint density at radius 3 is 2.30 bits per heavy atom. The molecule has 144 valence electrons. The molecule has 0 saturated carbocycles. The van der Waals surface area contributed by atoms with Crippen LogP contribution >= 0.6 is 0 Å². The van der Waals surface area contributed by atoms with Crippen molar-refractivity contribution < 1.29 is 19.1 Å². The Hall–Kier alpha value is -2.82. The van der Waals surface area contributed by atoms with Gasteiger partial charge >= 0.3 is 0 Å². The van der Waals surface area contributed by atoms with Crippen LogP contribution in [0.3, 0.4) is 0 Å². The van der Waals surface area contributed by atoms with Crippen molar-refractivity contribution in [3.05, 3.63) is 59.2 Å². The number of carbonyl (C=O) groups excluding carboxylic acids is 2. The van der Waals surface area contributed by atoms with E-state index in [0.717, 1.165) is 12.0 Å². The van der Waals surface area contributed by atoms with Crippen LogP contribution in [0.2, 0.25) is 0 Å². The molecule has 1 N–H and O–H groups in total. The van der Waals surface area contributed by atoms with Crippen molar-refractivity contribution in [1.29, 1.82) is 0 Å². The Labute approximate surface area is 160 Å². The number of benzene rings is 2. The first kappa shape index (κ1) is 20.5. The predicted molar refractivity (Wildman–Crippen MR) is 105 cm³/mol. The zero-order valence-electron chi connectivity index (χ0n) is 16.4. The summed E-state index contributed by atoms with van der Waals surface area (Å²) in [5.41, 5.74) is 2.68. The smallest absolute Gasteiger partial charge is 0.220 e. The van der Waals surface area contributed by atoms with Gasteiger partial charge in [-0.25, -0.2) is 0 Å². The number of hydrogen-bond donors (Lipinski definition) is 1. The Bertz CT molecular complexity index is 783. The van der Waals surface area contributed by atoms with Gasteiger partial charge < -0.3 is 14.8 Å². The second-order valence-electron chi connectivity index (χ2n) is 6.37. The van der Waals surface area contributed by atoms with E-state index >= 15 is 0 Å². The summed E-state index contributed by atoms with van der Waals surface area (Å²) in [6.45, 7) is 3.95. The van der Waals surface area contributed by atoms with Crippen LogP contribution in [0.5, 0.6) is 11.5 Å². The van der Waals surface area contributed by atoms with Crippen LogP contribution in [0.15, 0.2) is 42.5 Å². The lowest BCUT2D eigenvalue weighted by atomic mass is 10.0. The van der Waals surface area contributed by atoms with Gasteiger partial charge in [0.1, 0.15) is 11.5 Å². The molecule has 5 nitrogen and oxygen atoms in total. The Morgan fingerprint density at radius 1 is 1.00 bits per heavy atom. The number of aryl methyl sites for hydroxylation is 1. The monoisotopic (exact) mass is 369 g/mol. The third-order valence-electron chi connectivity index (χ3n) is 4.55. The summed E-state index contributed by atoms with van der Waals surface area (Å²) in [6.07, 6.45) is 1.27. The first-order valence-corrected chi connectivity index (χ1v) is 9.11. The number of Topliss-reactive ketones (excluding diaryl/α,β-unsaturated/α-hetero) is 1. The zero-order chi connectivity index (χ0) is 19.8. The summed E-state index contributed by atoms with van der Waals surface area (Å²) in [7, 11) is 3.17. The molecule has 2 rings (SSSR count). The van der Waals surface area contributed by atoms with Crippen LogP contribution in [0.1, 0.15) is 54.2 Å². The van der Waals surface area contributed by atoms with Gasteiger partial charge in [0.25, 0.3) is 0 Å². The first-order chi connectivity index (χ1) is 13.0. The lowest BCUT2D eigenvalue weighted by Gasteiger charge is -2.18. The number of amides is 1. The number of ketones is 1. The Morgan fingerprint density at radius 2 is 1.70 bits per heavy atom. The molecule has 0 aromatic heterocycles. The molecule has 0 aliphatic rings.